The predicted octanol–water partition coefficient (Wildman–Crippen LogP) is 5.53. The fourth-order valence-corrected chi connectivity index (χ4v) is 3.98. The molecule has 1 fully saturated rings. The summed E-state index contributed by atoms with van der Waals surface area (Å²) in [6, 6.07) is 2.76. The Labute approximate surface area is 200 Å². The Morgan fingerprint density at radius 2 is 1.89 bits per heavy atom. The molecule has 0 saturated heterocycles. The second kappa shape index (κ2) is 8.85. The number of oxazole rings is 1. The first-order valence-corrected chi connectivity index (χ1v) is 10.5. The summed E-state index contributed by atoms with van der Waals surface area (Å²) in [5.74, 6) is -0.170. The van der Waals surface area contributed by atoms with Crippen LogP contribution in [0.3, 0.4) is 0 Å². The zero-order valence-corrected chi connectivity index (χ0v) is 18.6. The summed E-state index contributed by atoms with van der Waals surface area (Å²) in [7, 11) is 0. The summed E-state index contributed by atoms with van der Waals surface area (Å²) in [4.78, 5) is 21.4. The van der Waals surface area contributed by atoms with E-state index in [9.17, 15) is 31.1 Å². The van der Waals surface area contributed by atoms with Gasteiger partial charge in [0.1, 0.15) is 11.5 Å². The number of hydrogen-bond acceptors (Lipinski definition) is 5. The van der Waals surface area contributed by atoms with Crippen LogP contribution in [0.1, 0.15) is 70.8 Å². The molecular weight excluding hydrogens is 504 g/mol. The normalized spacial score (nSPS) is 18.1. The number of amides is 1. The maximum Gasteiger partial charge on any atom is 0.504 e. The van der Waals surface area contributed by atoms with Gasteiger partial charge in [-0.25, -0.2) is 4.98 Å². The molecule has 2 aliphatic carbocycles. The molecule has 1 N–H and O–H groups in total. The van der Waals surface area contributed by atoms with Gasteiger partial charge in [0.25, 0.3) is 5.91 Å². The van der Waals surface area contributed by atoms with Gasteiger partial charge >= 0.3 is 12.5 Å². The molecule has 7 nitrogen and oxygen atoms in total. The predicted molar refractivity (Wildman–Crippen MR) is 111 cm³/mol. The van der Waals surface area contributed by atoms with Gasteiger partial charge in [-0.2, -0.15) is 23.0 Å². The molecule has 3 aromatic rings. The van der Waals surface area contributed by atoms with Gasteiger partial charge in [-0.05, 0) is 37.8 Å². The number of hydrogen-bond donors (Lipinski definition) is 1. The Morgan fingerprint density at radius 1 is 1.14 bits per heavy atom. The Kier molecular flexibility index (Phi) is 6.32. The number of alkyl halides is 6. The maximum absolute atomic E-state index is 13.3. The van der Waals surface area contributed by atoms with Crippen LogP contribution in [0.2, 0.25) is 0 Å². The summed E-state index contributed by atoms with van der Waals surface area (Å²) in [6.45, 7) is 0. The fraction of sp³-hybridized carbons (Fsp3) is 0.429. The van der Waals surface area contributed by atoms with Crippen LogP contribution in [-0.2, 0) is 18.9 Å². The van der Waals surface area contributed by atoms with Gasteiger partial charge in [-0.3, -0.25) is 9.78 Å². The van der Waals surface area contributed by atoms with E-state index in [1.165, 1.54) is 0 Å². The Bertz CT molecular complexity index is 1250. The molecule has 14 heteroatoms. The van der Waals surface area contributed by atoms with Crippen molar-refractivity contribution in [2.24, 2.45) is 0 Å². The molecule has 0 bridgehead atoms. The third-order valence-corrected chi connectivity index (χ3v) is 5.77. The van der Waals surface area contributed by atoms with Crippen LogP contribution in [0.5, 0.6) is 0 Å². The third-order valence-electron chi connectivity index (χ3n) is 5.77. The number of carbonyl (C=O) groups excluding carboxylic acids is 1. The lowest BCUT2D eigenvalue weighted by molar-refractivity contribution is -0.214. The minimum absolute atomic E-state index is 0. The molecular formula is C21H18ClF6N5O2. The first-order chi connectivity index (χ1) is 16.0. The molecule has 5 rings (SSSR count). The van der Waals surface area contributed by atoms with E-state index in [1.54, 1.807) is 12.3 Å². The van der Waals surface area contributed by atoms with Crippen LogP contribution in [0.25, 0.3) is 11.5 Å². The van der Waals surface area contributed by atoms with Crippen molar-refractivity contribution in [3.8, 4) is 11.5 Å². The van der Waals surface area contributed by atoms with Gasteiger partial charge in [0.2, 0.25) is 5.89 Å². The van der Waals surface area contributed by atoms with Gasteiger partial charge < -0.3 is 9.73 Å². The lowest BCUT2D eigenvalue weighted by atomic mass is 9.96. The van der Waals surface area contributed by atoms with E-state index < -0.39 is 40.4 Å². The number of nitrogens with one attached hydrogen (secondary N) is 1. The van der Waals surface area contributed by atoms with Crippen molar-refractivity contribution < 1.29 is 35.6 Å². The van der Waals surface area contributed by atoms with Gasteiger partial charge in [0.05, 0.1) is 11.6 Å². The minimum atomic E-state index is -5.25. The van der Waals surface area contributed by atoms with Crippen molar-refractivity contribution in [2.45, 2.75) is 56.5 Å². The summed E-state index contributed by atoms with van der Waals surface area (Å²) < 4.78 is 83.5. The second-order valence-corrected chi connectivity index (χ2v) is 8.29. The zero-order valence-electron chi connectivity index (χ0n) is 17.8. The molecule has 0 spiro atoms. The van der Waals surface area contributed by atoms with Crippen LogP contribution in [0.15, 0.2) is 28.9 Å². The van der Waals surface area contributed by atoms with Crippen LogP contribution < -0.4 is 5.32 Å². The van der Waals surface area contributed by atoms with E-state index in [2.05, 4.69) is 20.4 Å². The topological polar surface area (TPSA) is 85.8 Å². The monoisotopic (exact) mass is 521 g/mol. The molecule has 0 aliphatic heterocycles. The highest BCUT2D eigenvalue weighted by molar-refractivity contribution is 5.95. The number of nitrogens with zero attached hydrogens (tertiary/aromatic N) is 4. The zero-order chi connectivity index (χ0) is 24.3. The van der Waals surface area contributed by atoms with Crippen LogP contribution in [-0.4, -0.2) is 25.7 Å². The van der Waals surface area contributed by atoms with Gasteiger partial charge in [0, 0.05) is 36.0 Å². The first-order valence-electron chi connectivity index (χ1n) is 10.5. The van der Waals surface area contributed by atoms with E-state index in [1.807, 2.05) is 6.07 Å². The molecule has 3 heterocycles. The fourth-order valence-electron chi connectivity index (χ4n) is 3.98. The van der Waals surface area contributed by atoms with Crippen LogP contribution >= 0.6 is 12.4 Å². The third kappa shape index (κ3) is 5.00. The number of pyridine rings is 1. The standard InChI is InChI=1S/C21H17F6N5O2.ClH/c22-20(23,24)17-12(9-32(31-17)21(25,26)27)18(33)29-13-2-1-3-15-16(13)30-19(34-15)11-6-7-28-14(8-11)10-4-5-10;/h6-10,13H,1-5H2,(H,29,33);1H/t13-;/m0./s1. The van der Waals surface area contributed by atoms with Crippen molar-refractivity contribution >= 4 is 18.3 Å². The summed E-state index contributed by atoms with van der Waals surface area (Å²) in [6.07, 6.45) is -5.28. The maximum atomic E-state index is 13.3. The van der Waals surface area contributed by atoms with Crippen molar-refractivity contribution in [2.75, 3.05) is 0 Å². The summed E-state index contributed by atoms with van der Waals surface area (Å²) in [5, 5.41) is 4.93. The van der Waals surface area contributed by atoms with Crippen molar-refractivity contribution in [1.29, 1.82) is 0 Å². The summed E-state index contributed by atoms with van der Waals surface area (Å²) >= 11 is 0. The van der Waals surface area contributed by atoms with E-state index in [0.29, 0.717) is 42.2 Å². The number of aromatic nitrogens is 4. The lowest BCUT2D eigenvalue weighted by Crippen LogP contribution is -2.32. The highest BCUT2D eigenvalue weighted by Crippen LogP contribution is 2.40. The average Bonchev–Trinajstić information content (AvgIpc) is 3.33. The lowest BCUT2D eigenvalue weighted by Gasteiger charge is -2.21. The van der Waals surface area contributed by atoms with Gasteiger partial charge in [0.15, 0.2) is 5.69 Å². The average molecular weight is 522 g/mol. The van der Waals surface area contributed by atoms with E-state index in [4.69, 9.17) is 4.42 Å². The molecule has 188 valence electrons. The highest BCUT2D eigenvalue weighted by atomic mass is 35.5. The Morgan fingerprint density at radius 3 is 2.54 bits per heavy atom. The Balaban J connectivity index is 0.00000289. The molecule has 1 saturated carbocycles. The second-order valence-electron chi connectivity index (χ2n) is 8.29. The summed E-state index contributed by atoms with van der Waals surface area (Å²) in [5.41, 5.74) is -1.19. The SMILES string of the molecule is Cl.O=C(N[C@H]1CCCc2oc(-c3ccnc(C4CC4)c3)nc21)c1cn(C(F)(F)F)nc1C(F)(F)F. The molecule has 0 radical (unpaired) electrons. The van der Waals surface area contributed by atoms with Crippen LogP contribution in [0, 0.1) is 0 Å². The molecule has 0 aromatic carbocycles. The smallest absolute Gasteiger partial charge is 0.441 e. The Hall–Kier alpha value is -3.09. The first kappa shape index (κ1) is 25.0. The van der Waals surface area contributed by atoms with Gasteiger partial charge in [-0.15, -0.1) is 25.6 Å². The quantitative estimate of drug-likeness (QED) is 0.456. The van der Waals surface area contributed by atoms with E-state index in [-0.39, 0.29) is 24.5 Å². The van der Waals surface area contributed by atoms with Crippen molar-refractivity contribution in [1.82, 2.24) is 25.1 Å². The molecule has 2 aliphatic rings. The number of carbonyl (C=O) groups is 1. The molecule has 1 amide bonds. The van der Waals surface area contributed by atoms with Crippen molar-refractivity contribution in [3.05, 3.63) is 52.9 Å². The highest BCUT2D eigenvalue weighted by Gasteiger charge is 2.43. The minimum Gasteiger partial charge on any atom is -0.441 e. The van der Waals surface area contributed by atoms with E-state index >= 15 is 0 Å². The van der Waals surface area contributed by atoms with Gasteiger partial charge in [-0.1, -0.05) is 0 Å². The molecule has 0 unspecified atom stereocenters. The number of rotatable bonds is 4. The molecule has 35 heavy (non-hydrogen) atoms. The number of halogens is 7. The molecule has 1 atom stereocenters. The number of aryl methyl sites for hydroxylation is 1. The van der Waals surface area contributed by atoms with E-state index in [0.717, 1.165) is 18.5 Å². The van der Waals surface area contributed by atoms with Crippen LogP contribution in [0.4, 0.5) is 26.3 Å². The number of fused-ring (bicyclic) bond motifs is 1. The molecule has 3 aromatic heterocycles. The largest absolute Gasteiger partial charge is 0.504 e. The van der Waals surface area contributed by atoms with Crippen molar-refractivity contribution in [3.63, 3.8) is 0 Å².